The molecule has 2 rings (SSSR count). The third-order valence-electron chi connectivity index (χ3n) is 5.52. The minimum atomic E-state index is -0.822. The van der Waals surface area contributed by atoms with Gasteiger partial charge in [-0.25, -0.2) is 0 Å². The molecule has 1 aliphatic rings. The van der Waals surface area contributed by atoms with E-state index in [4.69, 9.17) is 28.6 Å². The Kier molecular flexibility index (Phi) is 12.2. The summed E-state index contributed by atoms with van der Waals surface area (Å²) in [6, 6.07) is 5.66. The number of benzene rings is 1. The minimum absolute atomic E-state index is 0.0932. The first-order valence-corrected chi connectivity index (χ1v) is 12.5. The Morgan fingerprint density at radius 1 is 1.18 bits per heavy atom. The van der Waals surface area contributed by atoms with Gasteiger partial charge in [0, 0.05) is 23.7 Å². The van der Waals surface area contributed by atoms with Gasteiger partial charge >= 0.3 is 5.97 Å². The second-order valence-corrected chi connectivity index (χ2v) is 8.99. The van der Waals surface area contributed by atoms with E-state index in [0.29, 0.717) is 30.3 Å². The summed E-state index contributed by atoms with van der Waals surface area (Å²) < 4.78 is 5.34. The molecule has 0 bridgehead atoms. The summed E-state index contributed by atoms with van der Waals surface area (Å²) in [6.07, 6.45) is 9.13. The minimum Gasteiger partial charge on any atom is -0.466 e. The highest BCUT2D eigenvalue weighted by Crippen LogP contribution is 2.14. The molecule has 33 heavy (non-hydrogen) atoms. The van der Waals surface area contributed by atoms with Crippen molar-refractivity contribution < 1.29 is 19.1 Å². The van der Waals surface area contributed by atoms with Gasteiger partial charge < -0.3 is 15.0 Å². The lowest BCUT2D eigenvalue weighted by molar-refractivity contribution is -0.147. The van der Waals surface area contributed by atoms with Crippen molar-refractivity contribution in [3.8, 4) is 0 Å². The fourth-order valence-electron chi connectivity index (χ4n) is 3.67. The van der Waals surface area contributed by atoms with Crippen LogP contribution in [0.3, 0.4) is 0 Å². The molecule has 1 fully saturated rings. The first-order chi connectivity index (χ1) is 15.9. The Hall–Kier alpha value is -2.19. The zero-order valence-electron chi connectivity index (χ0n) is 19.2. The lowest BCUT2D eigenvalue weighted by atomic mass is 10.1. The Bertz CT molecular complexity index is 821. The van der Waals surface area contributed by atoms with E-state index in [0.717, 1.165) is 19.3 Å². The number of unbranched alkanes of at least 4 members (excludes halogenated alkanes) is 7. The van der Waals surface area contributed by atoms with Crippen LogP contribution in [0.5, 0.6) is 0 Å². The molecule has 1 aromatic rings. The highest BCUT2D eigenvalue weighted by Gasteiger charge is 2.34. The van der Waals surface area contributed by atoms with Gasteiger partial charge in [-0.15, -0.1) is 0 Å². The number of nitrogens with one attached hydrogen (secondary N) is 2. The van der Waals surface area contributed by atoms with Gasteiger partial charge in [0.05, 0.1) is 13.0 Å². The lowest BCUT2D eigenvalue weighted by Gasteiger charge is -2.36. The summed E-state index contributed by atoms with van der Waals surface area (Å²) >= 11 is 11.3. The number of carbonyl (C=O) groups excluding carboxylic acids is 3. The van der Waals surface area contributed by atoms with Gasteiger partial charge in [0.15, 0.2) is 5.11 Å². The summed E-state index contributed by atoms with van der Waals surface area (Å²) in [7, 11) is 0. The van der Waals surface area contributed by atoms with Crippen LogP contribution in [0, 0.1) is 0 Å². The number of thiocarbonyl (C=S) groups is 1. The molecule has 2 amide bonds. The van der Waals surface area contributed by atoms with E-state index in [9.17, 15) is 14.4 Å². The summed E-state index contributed by atoms with van der Waals surface area (Å²) in [5.74, 6) is -1.19. The van der Waals surface area contributed by atoms with Crippen LogP contribution in [0.4, 0.5) is 0 Å². The topological polar surface area (TPSA) is 87.7 Å². The molecule has 1 aromatic carbocycles. The molecule has 0 saturated carbocycles. The van der Waals surface area contributed by atoms with Crippen LogP contribution in [-0.4, -0.2) is 53.5 Å². The van der Waals surface area contributed by atoms with Crippen molar-refractivity contribution in [1.29, 1.82) is 0 Å². The number of hydrogen-bond donors (Lipinski definition) is 2. The van der Waals surface area contributed by atoms with Crippen LogP contribution < -0.4 is 10.6 Å². The van der Waals surface area contributed by atoms with E-state index >= 15 is 0 Å². The molecule has 182 valence electrons. The van der Waals surface area contributed by atoms with Crippen molar-refractivity contribution >= 4 is 46.7 Å². The number of halogens is 1. The predicted octanol–water partition coefficient (Wildman–Crippen LogP) is 4.23. The maximum atomic E-state index is 12.5. The summed E-state index contributed by atoms with van der Waals surface area (Å²) in [4.78, 5) is 38.8. The average Bonchev–Trinajstić information content (AvgIpc) is 2.79. The fourth-order valence-corrected chi connectivity index (χ4v) is 4.17. The van der Waals surface area contributed by atoms with Gasteiger partial charge in [-0.05, 0) is 36.8 Å². The van der Waals surface area contributed by atoms with Crippen LogP contribution in [-0.2, 0) is 14.3 Å². The molecule has 1 atom stereocenters. The van der Waals surface area contributed by atoms with Gasteiger partial charge in [-0.3, -0.25) is 19.7 Å². The zero-order chi connectivity index (χ0) is 24.1. The number of rotatable bonds is 12. The first-order valence-electron chi connectivity index (χ1n) is 11.7. The van der Waals surface area contributed by atoms with E-state index < -0.39 is 17.9 Å². The monoisotopic (exact) mass is 495 g/mol. The number of carbonyl (C=O) groups is 3. The lowest BCUT2D eigenvalue weighted by Crippen LogP contribution is -2.60. The Morgan fingerprint density at radius 3 is 2.58 bits per heavy atom. The number of esters is 1. The van der Waals surface area contributed by atoms with Crippen molar-refractivity contribution in [2.45, 2.75) is 70.8 Å². The Balaban J connectivity index is 1.78. The molecule has 1 unspecified atom stereocenters. The van der Waals surface area contributed by atoms with Crippen molar-refractivity contribution in [2.75, 3.05) is 19.7 Å². The Morgan fingerprint density at radius 2 is 1.88 bits per heavy atom. The van der Waals surface area contributed by atoms with Crippen molar-refractivity contribution in [2.24, 2.45) is 0 Å². The molecule has 7 nitrogen and oxygen atoms in total. The fraction of sp³-hybridized carbons (Fsp3) is 0.583. The molecule has 2 N–H and O–H groups in total. The highest BCUT2D eigenvalue weighted by molar-refractivity contribution is 7.80. The SMILES string of the molecule is CCCCCCCCCCOC(=O)CC1C(=O)NCCN1C(=S)NC(=O)c1cccc(Cl)c1. The van der Waals surface area contributed by atoms with Crippen molar-refractivity contribution in [3.05, 3.63) is 34.9 Å². The molecule has 0 aliphatic carbocycles. The van der Waals surface area contributed by atoms with Gasteiger partial charge in [0.25, 0.3) is 5.91 Å². The van der Waals surface area contributed by atoms with E-state index in [2.05, 4.69) is 17.6 Å². The summed E-state index contributed by atoms with van der Waals surface area (Å²) in [5.41, 5.74) is 0.354. The van der Waals surface area contributed by atoms with Crippen LogP contribution >= 0.6 is 23.8 Å². The van der Waals surface area contributed by atoms with Crippen LogP contribution in [0.15, 0.2) is 24.3 Å². The normalized spacial score (nSPS) is 15.6. The summed E-state index contributed by atoms with van der Waals surface area (Å²) in [6.45, 7) is 3.31. The molecule has 1 saturated heterocycles. The quantitative estimate of drug-likeness (QED) is 0.256. The Labute approximate surface area is 206 Å². The van der Waals surface area contributed by atoms with Gasteiger partial charge in [0.2, 0.25) is 5.91 Å². The molecule has 1 heterocycles. The highest BCUT2D eigenvalue weighted by atomic mass is 35.5. The largest absolute Gasteiger partial charge is 0.466 e. The van der Waals surface area contributed by atoms with Gasteiger partial charge in [0.1, 0.15) is 6.04 Å². The predicted molar refractivity (Wildman–Crippen MR) is 133 cm³/mol. The number of amides is 2. The standard InChI is InChI=1S/C24H34ClN3O4S/c1-2-3-4-5-6-7-8-9-15-32-21(29)17-20-23(31)26-13-14-28(20)24(33)27-22(30)18-11-10-12-19(25)16-18/h10-12,16,20H,2-9,13-15,17H2,1H3,(H,26,31)(H,27,30,33). The van der Waals surface area contributed by atoms with E-state index in [1.54, 1.807) is 23.1 Å². The second kappa shape index (κ2) is 14.9. The molecule has 1 aliphatic heterocycles. The first kappa shape index (κ1) is 27.1. The number of hydrogen-bond acceptors (Lipinski definition) is 5. The van der Waals surface area contributed by atoms with Crippen LogP contribution in [0.2, 0.25) is 5.02 Å². The maximum Gasteiger partial charge on any atom is 0.308 e. The maximum absolute atomic E-state index is 12.5. The molecular formula is C24H34ClN3O4S. The van der Waals surface area contributed by atoms with E-state index in [1.807, 2.05) is 0 Å². The van der Waals surface area contributed by atoms with Crippen LogP contribution in [0.25, 0.3) is 0 Å². The smallest absolute Gasteiger partial charge is 0.308 e. The average molecular weight is 496 g/mol. The van der Waals surface area contributed by atoms with Crippen molar-refractivity contribution in [3.63, 3.8) is 0 Å². The van der Waals surface area contributed by atoms with E-state index in [1.165, 1.54) is 38.2 Å². The molecule has 0 aromatic heterocycles. The number of ether oxygens (including phenoxy) is 1. The second-order valence-electron chi connectivity index (χ2n) is 8.17. The van der Waals surface area contributed by atoms with Crippen LogP contribution in [0.1, 0.15) is 75.1 Å². The van der Waals surface area contributed by atoms with Crippen molar-refractivity contribution in [1.82, 2.24) is 15.5 Å². The van der Waals surface area contributed by atoms with Gasteiger partial charge in [-0.1, -0.05) is 69.5 Å². The number of piperazine rings is 1. The number of nitrogens with zero attached hydrogens (tertiary/aromatic N) is 1. The third kappa shape index (κ3) is 9.68. The zero-order valence-corrected chi connectivity index (χ0v) is 20.8. The van der Waals surface area contributed by atoms with Gasteiger partial charge in [-0.2, -0.15) is 0 Å². The molecule has 9 heteroatoms. The molecular weight excluding hydrogens is 462 g/mol. The third-order valence-corrected chi connectivity index (χ3v) is 6.09. The molecule has 0 radical (unpaired) electrons. The van der Waals surface area contributed by atoms with E-state index in [-0.39, 0.29) is 17.4 Å². The summed E-state index contributed by atoms with van der Waals surface area (Å²) in [5, 5.41) is 5.90. The molecule has 0 spiro atoms.